The first-order valence-electron chi connectivity index (χ1n) is 9.04. The van der Waals surface area contributed by atoms with Gasteiger partial charge in [0.2, 0.25) is 5.91 Å². The average molecular weight is 402 g/mol. The number of hydrogen-bond donors (Lipinski definition) is 1. The maximum atomic E-state index is 13.8. The monoisotopic (exact) mass is 402 g/mol. The summed E-state index contributed by atoms with van der Waals surface area (Å²) in [5.74, 6) is -0.402. The normalized spacial score (nSPS) is 18.9. The molecule has 3 rings (SSSR count). The molecule has 148 valence electrons. The molecule has 0 aliphatic carbocycles. The predicted molar refractivity (Wildman–Crippen MR) is 108 cm³/mol. The zero-order valence-electron chi connectivity index (χ0n) is 15.9. The van der Waals surface area contributed by atoms with Gasteiger partial charge in [-0.1, -0.05) is 29.8 Å². The van der Waals surface area contributed by atoms with E-state index in [2.05, 4.69) is 5.32 Å². The minimum absolute atomic E-state index is 0.232. The van der Waals surface area contributed by atoms with Gasteiger partial charge in [-0.05, 0) is 36.8 Å². The number of methoxy groups -OCH3 is 1. The second kappa shape index (κ2) is 9.21. The molecule has 1 aliphatic heterocycles. The third-order valence-electron chi connectivity index (χ3n) is 4.58. The van der Waals surface area contributed by atoms with Crippen LogP contribution in [0.2, 0.25) is 0 Å². The van der Waals surface area contributed by atoms with Gasteiger partial charge in [0, 0.05) is 25.0 Å². The summed E-state index contributed by atoms with van der Waals surface area (Å²) in [5.41, 5.74) is 2.21. The van der Waals surface area contributed by atoms with E-state index >= 15 is 0 Å². The molecule has 5 nitrogen and oxygen atoms in total. The molecule has 1 N–H and O–H groups in total. The summed E-state index contributed by atoms with van der Waals surface area (Å²) in [6.07, 6.45) is 0. The number of rotatable bonds is 6. The highest BCUT2D eigenvalue weighted by molar-refractivity contribution is 7.99. The number of carbonyl (C=O) groups excluding carboxylic acids is 2. The smallest absolute Gasteiger partial charge is 0.255 e. The molecule has 2 unspecified atom stereocenters. The van der Waals surface area contributed by atoms with Crippen molar-refractivity contribution in [1.29, 1.82) is 0 Å². The minimum Gasteiger partial charge on any atom is -0.383 e. The molecule has 7 heteroatoms. The number of amides is 2. The van der Waals surface area contributed by atoms with Crippen LogP contribution in [0.4, 0.5) is 4.39 Å². The molecule has 0 aromatic heterocycles. The average Bonchev–Trinajstić information content (AvgIpc) is 3.13. The van der Waals surface area contributed by atoms with E-state index in [-0.39, 0.29) is 17.6 Å². The van der Waals surface area contributed by atoms with Crippen molar-refractivity contribution in [2.24, 2.45) is 0 Å². The lowest BCUT2D eigenvalue weighted by Gasteiger charge is -2.29. The quantitative estimate of drug-likeness (QED) is 0.754. The first kappa shape index (κ1) is 20.4. The molecule has 1 fully saturated rings. The molecule has 1 heterocycles. The molecule has 28 heavy (non-hydrogen) atoms. The molecule has 2 aromatic rings. The van der Waals surface area contributed by atoms with Crippen LogP contribution in [0.5, 0.6) is 0 Å². The van der Waals surface area contributed by atoms with E-state index in [1.807, 2.05) is 19.1 Å². The van der Waals surface area contributed by atoms with Crippen LogP contribution < -0.4 is 5.32 Å². The fraction of sp³-hybridized carbons (Fsp3) is 0.333. The predicted octanol–water partition coefficient (Wildman–Crippen LogP) is 3.15. The number of benzene rings is 2. The van der Waals surface area contributed by atoms with Crippen molar-refractivity contribution in [3.8, 4) is 0 Å². The standard InChI is InChI=1S/C21H23FN2O3S/c1-14-6-8-15(9-7-14)20(26)24-18(19(25)23-10-11-27-2)13-28-21(24)16-4-3-5-17(22)12-16/h3-9,12,18,21H,10-11,13H2,1-2H3,(H,23,25). The first-order chi connectivity index (χ1) is 13.5. The van der Waals surface area contributed by atoms with Gasteiger partial charge < -0.3 is 15.0 Å². The number of thioether (sulfide) groups is 1. The van der Waals surface area contributed by atoms with E-state index in [1.54, 1.807) is 36.3 Å². The van der Waals surface area contributed by atoms with Crippen LogP contribution in [0, 0.1) is 12.7 Å². The van der Waals surface area contributed by atoms with Gasteiger partial charge in [0.1, 0.15) is 17.2 Å². The number of ether oxygens (including phenoxy) is 1. The number of nitrogens with zero attached hydrogens (tertiary/aromatic N) is 1. The zero-order chi connectivity index (χ0) is 20.1. The summed E-state index contributed by atoms with van der Waals surface area (Å²) in [4.78, 5) is 27.6. The Labute approximate surface area is 168 Å². The molecular formula is C21H23FN2O3S. The molecule has 0 bridgehead atoms. The second-order valence-electron chi connectivity index (χ2n) is 6.62. The lowest BCUT2D eigenvalue weighted by Crippen LogP contribution is -2.48. The Morgan fingerprint density at radius 1 is 1.25 bits per heavy atom. The van der Waals surface area contributed by atoms with E-state index in [1.165, 1.54) is 23.9 Å². The Morgan fingerprint density at radius 2 is 2.00 bits per heavy atom. The molecule has 1 aliphatic rings. The molecule has 2 atom stereocenters. The Hall–Kier alpha value is -2.38. The summed E-state index contributed by atoms with van der Waals surface area (Å²) >= 11 is 1.46. The van der Waals surface area contributed by atoms with Crippen molar-refractivity contribution in [2.75, 3.05) is 26.0 Å². The highest BCUT2D eigenvalue weighted by atomic mass is 32.2. The maximum absolute atomic E-state index is 13.8. The highest BCUT2D eigenvalue weighted by Crippen LogP contribution is 2.42. The van der Waals surface area contributed by atoms with Crippen molar-refractivity contribution < 1.29 is 18.7 Å². The first-order valence-corrected chi connectivity index (χ1v) is 10.1. The Kier molecular flexibility index (Phi) is 6.70. The van der Waals surface area contributed by atoms with Gasteiger partial charge in [0.15, 0.2) is 0 Å². The second-order valence-corrected chi connectivity index (χ2v) is 7.73. The van der Waals surface area contributed by atoms with Crippen molar-refractivity contribution >= 4 is 23.6 Å². The largest absolute Gasteiger partial charge is 0.383 e. The highest BCUT2D eigenvalue weighted by Gasteiger charge is 2.42. The van der Waals surface area contributed by atoms with Crippen molar-refractivity contribution in [3.05, 3.63) is 71.0 Å². The van der Waals surface area contributed by atoms with Crippen LogP contribution in [0.3, 0.4) is 0 Å². The minimum atomic E-state index is -0.635. The van der Waals surface area contributed by atoms with Crippen LogP contribution >= 0.6 is 11.8 Å². The number of halogens is 1. The molecule has 2 amide bonds. The van der Waals surface area contributed by atoms with E-state index in [0.29, 0.717) is 30.0 Å². The Morgan fingerprint density at radius 3 is 2.68 bits per heavy atom. The topological polar surface area (TPSA) is 58.6 Å². The van der Waals surface area contributed by atoms with Crippen LogP contribution in [-0.4, -0.2) is 48.8 Å². The molecule has 0 radical (unpaired) electrons. The summed E-state index contributed by atoms with van der Waals surface area (Å²) in [6, 6.07) is 12.8. The lowest BCUT2D eigenvalue weighted by atomic mass is 10.1. The van der Waals surface area contributed by atoms with E-state index in [4.69, 9.17) is 4.74 Å². The molecule has 1 saturated heterocycles. The fourth-order valence-corrected chi connectivity index (χ4v) is 4.53. The van der Waals surface area contributed by atoms with Gasteiger partial charge in [-0.25, -0.2) is 4.39 Å². The molecule has 0 spiro atoms. The summed E-state index contributed by atoms with van der Waals surface area (Å²) in [6.45, 7) is 2.71. The zero-order valence-corrected chi connectivity index (χ0v) is 16.7. The van der Waals surface area contributed by atoms with Crippen molar-refractivity contribution in [2.45, 2.75) is 18.3 Å². The molecule has 0 saturated carbocycles. The van der Waals surface area contributed by atoms with Crippen molar-refractivity contribution in [3.63, 3.8) is 0 Å². The summed E-state index contributed by atoms with van der Waals surface area (Å²) in [5, 5.41) is 2.38. The van der Waals surface area contributed by atoms with Crippen LogP contribution in [0.15, 0.2) is 48.5 Å². The molecule has 2 aromatic carbocycles. The van der Waals surface area contributed by atoms with Gasteiger partial charge in [0.05, 0.1) is 6.61 Å². The summed E-state index contributed by atoms with van der Waals surface area (Å²) in [7, 11) is 1.56. The number of nitrogens with one attached hydrogen (secondary N) is 1. The van der Waals surface area contributed by atoms with Gasteiger partial charge in [-0.15, -0.1) is 11.8 Å². The van der Waals surface area contributed by atoms with Crippen LogP contribution in [0.25, 0.3) is 0 Å². The SMILES string of the molecule is COCCNC(=O)C1CSC(c2cccc(F)c2)N1C(=O)c1ccc(C)cc1. The lowest BCUT2D eigenvalue weighted by molar-refractivity contribution is -0.125. The Bertz CT molecular complexity index is 844. The van der Waals surface area contributed by atoms with Gasteiger partial charge in [0.25, 0.3) is 5.91 Å². The van der Waals surface area contributed by atoms with Gasteiger partial charge >= 0.3 is 0 Å². The Balaban J connectivity index is 1.90. The number of hydrogen-bond acceptors (Lipinski definition) is 4. The maximum Gasteiger partial charge on any atom is 0.255 e. The van der Waals surface area contributed by atoms with Crippen LogP contribution in [-0.2, 0) is 9.53 Å². The third kappa shape index (κ3) is 4.54. The fourth-order valence-electron chi connectivity index (χ4n) is 3.11. The van der Waals surface area contributed by atoms with Gasteiger partial charge in [-0.2, -0.15) is 0 Å². The van der Waals surface area contributed by atoms with Crippen molar-refractivity contribution in [1.82, 2.24) is 10.2 Å². The summed E-state index contributed by atoms with van der Waals surface area (Å²) < 4.78 is 18.7. The van der Waals surface area contributed by atoms with E-state index < -0.39 is 11.4 Å². The third-order valence-corrected chi connectivity index (χ3v) is 5.90. The number of carbonyl (C=O) groups is 2. The van der Waals surface area contributed by atoms with Gasteiger partial charge in [-0.3, -0.25) is 9.59 Å². The van der Waals surface area contributed by atoms with E-state index in [9.17, 15) is 14.0 Å². The van der Waals surface area contributed by atoms with E-state index in [0.717, 1.165) is 5.56 Å². The molecular weight excluding hydrogens is 379 g/mol. The number of aryl methyl sites for hydroxylation is 1. The van der Waals surface area contributed by atoms with Crippen LogP contribution in [0.1, 0.15) is 26.9 Å².